The number of halogens is 1. The van der Waals surface area contributed by atoms with Crippen molar-refractivity contribution < 1.29 is 33.3 Å². The van der Waals surface area contributed by atoms with Gasteiger partial charge in [0.1, 0.15) is 29.2 Å². The van der Waals surface area contributed by atoms with E-state index in [-0.39, 0.29) is 24.1 Å². The topological polar surface area (TPSA) is 85.3 Å². The number of likely N-dealkylation sites (N-methyl/N-ethyl adjacent to an activating group) is 1. The number of hydrogen-bond acceptors (Lipinski definition) is 5. The SMILES string of the molecule is Cc1cc(OC2CCN(C)C2=O)cc(C)c1-c1ccc(F)c2c1CCC2Oc1ccc2c(c1)OCC2CC(=O)O. The van der Waals surface area contributed by atoms with Crippen LogP contribution in [0.2, 0.25) is 0 Å². The van der Waals surface area contributed by atoms with Crippen molar-refractivity contribution in [1.82, 2.24) is 4.90 Å². The van der Waals surface area contributed by atoms with E-state index < -0.39 is 18.2 Å². The van der Waals surface area contributed by atoms with Gasteiger partial charge >= 0.3 is 5.97 Å². The summed E-state index contributed by atoms with van der Waals surface area (Å²) in [6.07, 6.45) is 1.09. The van der Waals surface area contributed by atoms with Crippen molar-refractivity contribution in [3.05, 3.63) is 76.1 Å². The first-order chi connectivity index (χ1) is 19.2. The van der Waals surface area contributed by atoms with E-state index in [0.717, 1.165) is 33.4 Å². The van der Waals surface area contributed by atoms with Gasteiger partial charge in [0.15, 0.2) is 6.10 Å². The summed E-state index contributed by atoms with van der Waals surface area (Å²) >= 11 is 0. The van der Waals surface area contributed by atoms with Crippen LogP contribution in [0.1, 0.15) is 59.1 Å². The minimum atomic E-state index is -0.861. The van der Waals surface area contributed by atoms with Crippen LogP contribution in [0.3, 0.4) is 0 Å². The van der Waals surface area contributed by atoms with E-state index in [0.29, 0.717) is 55.2 Å². The number of aliphatic carboxylic acids is 1. The molecule has 0 bridgehead atoms. The molecule has 1 N–H and O–H groups in total. The molecule has 8 heteroatoms. The first kappa shape index (κ1) is 26.2. The van der Waals surface area contributed by atoms with E-state index in [4.69, 9.17) is 19.3 Å². The number of likely N-dealkylation sites (tertiary alicyclic amines) is 1. The normalized spacial score (nSPS) is 21.2. The molecule has 1 fully saturated rings. The number of benzene rings is 3. The van der Waals surface area contributed by atoms with Crippen molar-refractivity contribution in [2.45, 2.75) is 57.7 Å². The van der Waals surface area contributed by atoms with Gasteiger partial charge < -0.3 is 24.2 Å². The minimum Gasteiger partial charge on any atom is -0.492 e. The maximum atomic E-state index is 15.3. The minimum absolute atomic E-state index is 0.00297. The monoisotopic (exact) mass is 545 g/mol. The van der Waals surface area contributed by atoms with Gasteiger partial charge in [0.05, 0.1) is 13.0 Å². The van der Waals surface area contributed by atoms with Crippen LogP contribution in [-0.4, -0.2) is 48.2 Å². The molecular formula is C32H32FNO6. The highest BCUT2D eigenvalue weighted by atomic mass is 19.1. The molecule has 1 amide bonds. The molecule has 2 aliphatic heterocycles. The molecule has 1 aliphatic carbocycles. The summed E-state index contributed by atoms with van der Waals surface area (Å²) in [5, 5.41) is 9.16. The van der Waals surface area contributed by atoms with Gasteiger partial charge in [-0.1, -0.05) is 12.1 Å². The van der Waals surface area contributed by atoms with Crippen molar-refractivity contribution in [1.29, 1.82) is 0 Å². The Labute approximate surface area is 232 Å². The van der Waals surface area contributed by atoms with Crippen LogP contribution >= 0.6 is 0 Å². The fourth-order valence-corrected chi connectivity index (χ4v) is 6.38. The standard InChI is InChI=1S/C32H32FNO6/c1-17-12-21(40-27-10-11-34(3)32(27)37)13-18(2)30(17)23-6-8-25(33)31-24(23)7-9-26(31)39-20-4-5-22-19(14-29(35)36)16-38-28(22)15-20/h4-6,8,12-13,15,19,26-27H,7,9-11,14,16H2,1-3H3,(H,35,36). The van der Waals surface area contributed by atoms with E-state index in [1.165, 1.54) is 6.07 Å². The lowest BCUT2D eigenvalue weighted by atomic mass is 9.90. The third-order valence-corrected chi connectivity index (χ3v) is 8.28. The Hall–Kier alpha value is -4.07. The average molecular weight is 546 g/mol. The molecule has 3 aromatic rings. The van der Waals surface area contributed by atoms with Crippen LogP contribution in [-0.2, 0) is 16.0 Å². The van der Waals surface area contributed by atoms with Gasteiger partial charge in [-0.15, -0.1) is 0 Å². The van der Waals surface area contributed by atoms with Gasteiger partial charge in [0, 0.05) is 43.1 Å². The molecule has 6 rings (SSSR count). The number of carboxylic acids is 1. The predicted molar refractivity (Wildman–Crippen MR) is 147 cm³/mol. The molecule has 3 aromatic carbocycles. The van der Waals surface area contributed by atoms with Crippen molar-refractivity contribution in [3.8, 4) is 28.4 Å². The largest absolute Gasteiger partial charge is 0.492 e. The molecular weight excluding hydrogens is 513 g/mol. The predicted octanol–water partition coefficient (Wildman–Crippen LogP) is 5.74. The molecule has 3 atom stereocenters. The highest BCUT2D eigenvalue weighted by molar-refractivity contribution is 5.83. The van der Waals surface area contributed by atoms with E-state index in [9.17, 15) is 9.59 Å². The highest BCUT2D eigenvalue weighted by Gasteiger charge is 2.33. The van der Waals surface area contributed by atoms with Crippen LogP contribution in [0.25, 0.3) is 11.1 Å². The summed E-state index contributed by atoms with van der Waals surface area (Å²) in [5.74, 6) is 0.513. The molecule has 0 aromatic heterocycles. The van der Waals surface area contributed by atoms with Gasteiger partial charge in [0.2, 0.25) is 0 Å². The molecule has 40 heavy (non-hydrogen) atoms. The second kappa shape index (κ2) is 10.2. The van der Waals surface area contributed by atoms with Crippen LogP contribution in [0.15, 0.2) is 42.5 Å². The van der Waals surface area contributed by atoms with Gasteiger partial charge in [-0.25, -0.2) is 4.39 Å². The van der Waals surface area contributed by atoms with Crippen LogP contribution in [0, 0.1) is 19.7 Å². The van der Waals surface area contributed by atoms with E-state index in [1.54, 1.807) is 18.0 Å². The van der Waals surface area contributed by atoms with Crippen LogP contribution in [0.4, 0.5) is 4.39 Å². The van der Waals surface area contributed by atoms with E-state index in [2.05, 4.69) is 0 Å². The summed E-state index contributed by atoms with van der Waals surface area (Å²) in [6, 6.07) is 12.7. The van der Waals surface area contributed by atoms with Gasteiger partial charge in [0.25, 0.3) is 5.91 Å². The van der Waals surface area contributed by atoms with Gasteiger partial charge in [-0.05, 0) is 78.8 Å². The molecule has 2 heterocycles. The fourth-order valence-electron chi connectivity index (χ4n) is 6.38. The van der Waals surface area contributed by atoms with Crippen LogP contribution < -0.4 is 14.2 Å². The Morgan fingerprint density at radius 3 is 2.50 bits per heavy atom. The first-order valence-corrected chi connectivity index (χ1v) is 13.7. The molecule has 3 aliphatic rings. The number of aryl methyl sites for hydroxylation is 2. The molecule has 1 saturated heterocycles. The Balaban J connectivity index is 1.26. The lowest BCUT2D eigenvalue weighted by Crippen LogP contribution is -2.29. The zero-order valence-corrected chi connectivity index (χ0v) is 22.8. The average Bonchev–Trinajstić information content (AvgIpc) is 3.59. The number of carbonyl (C=O) groups excluding carboxylic acids is 1. The number of hydrogen-bond donors (Lipinski definition) is 1. The lowest BCUT2D eigenvalue weighted by molar-refractivity contribution is -0.137. The second-order valence-corrected chi connectivity index (χ2v) is 11.0. The molecule has 0 spiro atoms. The number of carboxylic acid groups (broad SMARTS) is 1. The Kier molecular flexibility index (Phi) is 6.64. The third-order valence-electron chi connectivity index (χ3n) is 8.28. The summed E-state index contributed by atoms with van der Waals surface area (Å²) in [4.78, 5) is 25.2. The number of fused-ring (bicyclic) bond motifs is 2. The summed E-state index contributed by atoms with van der Waals surface area (Å²) in [5.41, 5.74) is 6.39. The Bertz CT molecular complexity index is 1490. The van der Waals surface area contributed by atoms with Crippen molar-refractivity contribution >= 4 is 11.9 Å². The number of amides is 1. The summed E-state index contributed by atoms with van der Waals surface area (Å²) < 4.78 is 33.4. The van der Waals surface area contributed by atoms with E-state index >= 15 is 4.39 Å². The van der Waals surface area contributed by atoms with Crippen molar-refractivity contribution in [3.63, 3.8) is 0 Å². The zero-order chi connectivity index (χ0) is 28.1. The Morgan fingerprint density at radius 2 is 1.80 bits per heavy atom. The van der Waals surface area contributed by atoms with Gasteiger partial charge in [-0.3, -0.25) is 9.59 Å². The zero-order valence-electron chi connectivity index (χ0n) is 22.8. The van der Waals surface area contributed by atoms with Gasteiger partial charge in [-0.2, -0.15) is 0 Å². The number of ether oxygens (including phenoxy) is 3. The molecule has 0 radical (unpaired) electrons. The fraction of sp³-hybridized carbons (Fsp3) is 0.375. The molecule has 3 unspecified atom stereocenters. The van der Waals surface area contributed by atoms with Crippen molar-refractivity contribution in [2.24, 2.45) is 0 Å². The first-order valence-electron chi connectivity index (χ1n) is 13.7. The molecule has 208 valence electrons. The Morgan fingerprint density at radius 1 is 1.05 bits per heavy atom. The summed E-state index contributed by atoms with van der Waals surface area (Å²) in [7, 11) is 1.78. The molecule has 0 saturated carbocycles. The number of nitrogens with zero attached hydrogens (tertiary/aromatic N) is 1. The highest BCUT2D eigenvalue weighted by Crippen LogP contribution is 2.45. The summed E-state index contributed by atoms with van der Waals surface area (Å²) in [6.45, 7) is 5.04. The maximum absolute atomic E-state index is 15.3. The smallest absolute Gasteiger partial charge is 0.304 e. The van der Waals surface area contributed by atoms with Crippen molar-refractivity contribution in [2.75, 3.05) is 20.2 Å². The molecule has 7 nitrogen and oxygen atoms in total. The van der Waals surface area contributed by atoms with Crippen LogP contribution in [0.5, 0.6) is 17.2 Å². The lowest BCUT2D eigenvalue weighted by Gasteiger charge is -2.20. The number of rotatable bonds is 7. The quantitative estimate of drug-likeness (QED) is 0.408. The number of carbonyl (C=O) groups is 2. The second-order valence-electron chi connectivity index (χ2n) is 11.0. The third kappa shape index (κ3) is 4.65. The van der Waals surface area contributed by atoms with E-state index in [1.807, 2.05) is 44.2 Å². The maximum Gasteiger partial charge on any atom is 0.304 e.